The summed E-state index contributed by atoms with van der Waals surface area (Å²) in [6.07, 6.45) is 0.566. The molecular formula is C18H14Cl3N3O2. The number of nitrogens with one attached hydrogen (secondary N) is 1. The number of amides is 1. The standard InChI is InChI=1S/C18H14Cl3N3O2/c19-13-3-1-2-11(8-13)18-23-17(26-24-18)7-6-16(25)22-10-12-4-5-14(20)9-15(12)21/h1-5,8-9H,6-7,10H2,(H,22,25). The molecule has 0 aliphatic heterocycles. The average molecular weight is 411 g/mol. The minimum atomic E-state index is -0.140. The summed E-state index contributed by atoms with van der Waals surface area (Å²) in [7, 11) is 0. The van der Waals surface area contributed by atoms with Gasteiger partial charge in [0.2, 0.25) is 17.6 Å². The zero-order valence-electron chi connectivity index (χ0n) is 13.5. The molecule has 0 bridgehead atoms. The van der Waals surface area contributed by atoms with Gasteiger partial charge in [-0.2, -0.15) is 4.98 Å². The summed E-state index contributed by atoms with van der Waals surface area (Å²) < 4.78 is 5.18. The number of aryl methyl sites for hydroxylation is 1. The van der Waals surface area contributed by atoms with Gasteiger partial charge in [-0.1, -0.05) is 58.2 Å². The lowest BCUT2D eigenvalue weighted by molar-refractivity contribution is -0.121. The molecule has 0 unspecified atom stereocenters. The molecule has 1 amide bonds. The first-order valence-electron chi connectivity index (χ1n) is 7.80. The smallest absolute Gasteiger partial charge is 0.227 e. The highest BCUT2D eigenvalue weighted by Gasteiger charge is 2.11. The number of halogens is 3. The normalized spacial score (nSPS) is 10.7. The van der Waals surface area contributed by atoms with Crippen LogP contribution in [0.1, 0.15) is 17.9 Å². The third kappa shape index (κ3) is 4.97. The quantitative estimate of drug-likeness (QED) is 0.624. The second-order valence-corrected chi connectivity index (χ2v) is 6.81. The van der Waals surface area contributed by atoms with E-state index in [0.717, 1.165) is 11.1 Å². The summed E-state index contributed by atoms with van der Waals surface area (Å²) in [5.41, 5.74) is 1.56. The van der Waals surface area contributed by atoms with Crippen molar-refractivity contribution >= 4 is 40.7 Å². The fourth-order valence-electron chi connectivity index (χ4n) is 2.27. The summed E-state index contributed by atoms with van der Waals surface area (Å²) >= 11 is 17.9. The average Bonchev–Trinajstić information content (AvgIpc) is 3.08. The van der Waals surface area contributed by atoms with Gasteiger partial charge >= 0.3 is 0 Å². The van der Waals surface area contributed by atoms with Gasteiger partial charge in [-0.15, -0.1) is 0 Å². The molecule has 0 aliphatic carbocycles. The first-order chi connectivity index (χ1) is 12.5. The summed E-state index contributed by atoms with van der Waals surface area (Å²) in [6.45, 7) is 0.326. The van der Waals surface area contributed by atoms with E-state index in [1.807, 2.05) is 12.1 Å². The number of hydrogen-bond acceptors (Lipinski definition) is 4. The third-order valence-corrected chi connectivity index (χ3v) is 4.43. The van der Waals surface area contributed by atoms with Crippen LogP contribution in [0.2, 0.25) is 15.1 Å². The Morgan fingerprint density at radius 2 is 1.88 bits per heavy atom. The maximum Gasteiger partial charge on any atom is 0.227 e. The first-order valence-corrected chi connectivity index (χ1v) is 8.94. The second-order valence-electron chi connectivity index (χ2n) is 5.53. The second kappa shape index (κ2) is 8.54. The molecule has 3 rings (SSSR count). The minimum Gasteiger partial charge on any atom is -0.352 e. The third-order valence-electron chi connectivity index (χ3n) is 3.61. The molecule has 0 saturated carbocycles. The van der Waals surface area contributed by atoms with Gasteiger partial charge in [0.25, 0.3) is 0 Å². The predicted molar refractivity (Wildman–Crippen MR) is 101 cm³/mol. The van der Waals surface area contributed by atoms with Crippen molar-refractivity contribution in [1.29, 1.82) is 0 Å². The Hall–Kier alpha value is -2.08. The number of aromatic nitrogens is 2. The van der Waals surface area contributed by atoms with Crippen molar-refractivity contribution < 1.29 is 9.32 Å². The maximum absolute atomic E-state index is 12.0. The van der Waals surface area contributed by atoms with E-state index in [0.29, 0.717) is 39.7 Å². The molecule has 0 atom stereocenters. The van der Waals surface area contributed by atoms with Crippen molar-refractivity contribution in [3.05, 3.63) is 69.0 Å². The minimum absolute atomic E-state index is 0.140. The van der Waals surface area contributed by atoms with Crippen molar-refractivity contribution in [3.8, 4) is 11.4 Å². The molecule has 0 aliphatic rings. The van der Waals surface area contributed by atoms with Crippen molar-refractivity contribution in [2.24, 2.45) is 0 Å². The summed E-state index contributed by atoms with van der Waals surface area (Å²) in [5.74, 6) is 0.689. The Balaban J connectivity index is 1.52. The van der Waals surface area contributed by atoms with Gasteiger partial charge in [0.1, 0.15) is 0 Å². The molecule has 0 fully saturated rings. The molecule has 1 aromatic heterocycles. The number of carbonyl (C=O) groups is 1. The van der Waals surface area contributed by atoms with Crippen LogP contribution in [0.4, 0.5) is 0 Å². The van der Waals surface area contributed by atoms with Crippen LogP contribution in [-0.2, 0) is 17.8 Å². The summed E-state index contributed by atoms with van der Waals surface area (Å²) in [4.78, 5) is 16.3. The van der Waals surface area contributed by atoms with E-state index in [9.17, 15) is 4.79 Å². The van der Waals surface area contributed by atoms with E-state index in [-0.39, 0.29) is 12.3 Å². The first kappa shape index (κ1) is 18.7. The van der Waals surface area contributed by atoms with Gasteiger partial charge in [0, 0.05) is 40.0 Å². The van der Waals surface area contributed by atoms with Gasteiger partial charge < -0.3 is 9.84 Å². The maximum atomic E-state index is 12.0. The van der Waals surface area contributed by atoms with Gasteiger partial charge in [-0.05, 0) is 29.8 Å². The van der Waals surface area contributed by atoms with Crippen LogP contribution in [0.15, 0.2) is 47.0 Å². The molecule has 26 heavy (non-hydrogen) atoms. The van der Waals surface area contributed by atoms with Crippen LogP contribution >= 0.6 is 34.8 Å². The lowest BCUT2D eigenvalue weighted by Crippen LogP contribution is -2.23. The fourth-order valence-corrected chi connectivity index (χ4v) is 2.93. The van der Waals surface area contributed by atoms with E-state index >= 15 is 0 Å². The van der Waals surface area contributed by atoms with E-state index < -0.39 is 0 Å². The van der Waals surface area contributed by atoms with E-state index in [1.54, 1.807) is 30.3 Å². The van der Waals surface area contributed by atoms with Crippen molar-refractivity contribution in [2.45, 2.75) is 19.4 Å². The van der Waals surface area contributed by atoms with Gasteiger partial charge in [0.15, 0.2) is 0 Å². The zero-order chi connectivity index (χ0) is 18.5. The SMILES string of the molecule is O=C(CCc1nc(-c2cccc(Cl)c2)no1)NCc1ccc(Cl)cc1Cl. The Labute approximate surface area is 165 Å². The monoisotopic (exact) mass is 409 g/mol. The lowest BCUT2D eigenvalue weighted by atomic mass is 10.2. The number of nitrogens with zero attached hydrogens (tertiary/aromatic N) is 2. The van der Waals surface area contributed by atoms with E-state index in [4.69, 9.17) is 39.3 Å². The molecule has 0 spiro atoms. The summed E-state index contributed by atoms with van der Waals surface area (Å²) in [5, 5.41) is 8.37. The highest BCUT2D eigenvalue weighted by molar-refractivity contribution is 6.35. The topological polar surface area (TPSA) is 68.0 Å². The van der Waals surface area contributed by atoms with Gasteiger partial charge in [0.05, 0.1) is 0 Å². The molecule has 5 nitrogen and oxygen atoms in total. The highest BCUT2D eigenvalue weighted by atomic mass is 35.5. The molecule has 0 radical (unpaired) electrons. The molecule has 8 heteroatoms. The highest BCUT2D eigenvalue weighted by Crippen LogP contribution is 2.21. The van der Waals surface area contributed by atoms with E-state index in [2.05, 4.69) is 15.5 Å². The van der Waals surface area contributed by atoms with Crippen LogP contribution in [0.3, 0.4) is 0 Å². The number of benzene rings is 2. The fraction of sp³-hybridized carbons (Fsp3) is 0.167. The van der Waals surface area contributed by atoms with E-state index in [1.165, 1.54) is 0 Å². The zero-order valence-corrected chi connectivity index (χ0v) is 15.8. The lowest BCUT2D eigenvalue weighted by Gasteiger charge is -2.06. The van der Waals surface area contributed by atoms with Gasteiger partial charge in [-0.3, -0.25) is 4.79 Å². The predicted octanol–water partition coefficient (Wildman–Crippen LogP) is 4.95. The van der Waals surface area contributed by atoms with Crippen molar-refractivity contribution in [3.63, 3.8) is 0 Å². The van der Waals surface area contributed by atoms with Gasteiger partial charge in [-0.25, -0.2) is 0 Å². The van der Waals surface area contributed by atoms with Crippen LogP contribution < -0.4 is 5.32 Å². The Kier molecular flexibility index (Phi) is 6.14. The molecule has 1 heterocycles. The van der Waals surface area contributed by atoms with Crippen LogP contribution in [0, 0.1) is 0 Å². The van der Waals surface area contributed by atoms with Crippen LogP contribution in [0.5, 0.6) is 0 Å². The largest absolute Gasteiger partial charge is 0.352 e. The van der Waals surface area contributed by atoms with Crippen molar-refractivity contribution in [2.75, 3.05) is 0 Å². The Bertz CT molecular complexity index is 928. The number of hydrogen-bond donors (Lipinski definition) is 1. The molecule has 134 valence electrons. The molecule has 3 aromatic rings. The number of carbonyl (C=O) groups excluding carboxylic acids is 1. The van der Waals surface area contributed by atoms with Crippen LogP contribution in [0.25, 0.3) is 11.4 Å². The molecule has 2 aromatic carbocycles. The van der Waals surface area contributed by atoms with Crippen LogP contribution in [-0.4, -0.2) is 16.0 Å². The molecule has 0 saturated heterocycles. The Morgan fingerprint density at radius 1 is 1.08 bits per heavy atom. The van der Waals surface area contributed by atoms with Crippen molar-refractivity contribution in [1.82, 2.24) is 15.5 Å². The molecular weight excluding hydrogens is 397 g/mol. The summed E-state index contributed by atoms with van der Waals surface area (Å²) in [6, 6.07) is 12.3. The molecule has 1 N–H and O–H groups in total. The Morgan fingerprint density at radius 3 is 2.65 bits per heavy atom. The number of rotatable bonds is 6.